The fourth-order valence-electron chi connectivity index (χ4n) is 5.53. The van der Waals surface area contributed by atoms with Gasteiger partial charge in [0.2, 0.25) is 18.6 Å². The zero-order valence-electron chi connectivity index (χ0n) is 20.1. The predicted octanol–water partition coefficient (Wildman–Crippen LogP) is 3.45. The fraction of sp³-hybridized carbons (Fsp3) is 0.310. The molecule has 0 unspecified atom stereocenters. The molecule has 184 valence electrons. The lowest BCUT2D eigenvalue weighted by molar-refractivity contribution is -0.140. The molecular formula is C29H29N3O4. The van der Waals surface area contributed by atoms with Crippen LogP contribution in [0.15, 0.2) is 78.9 Å². The number of hydrogen-bond donors (Lipinski definition) is 0. The summed E-state index contributed by atoms with van der Waals surface area (Å²) in [6.45, 7) is 3.61. The van der Waals surface area contributed by atoms with Crippen LogP contribution in [0.5, 0.6) is 11.5 Å². The van der Waals surface area contributed by atoms with Crippen molar-refractivity contribution in [2.24, 2.45) is 0 Å². The van der Waals surface area contributed by atoms with Gasteiger partial charge in [0.25, 0.3) is 0 Å². The Morgan fingerprint density at radius 1 is 0.778 bits per heavy atom. The van der Waals surface area contributed by atoms with Gasteiger partial charge in [-0.05, 0) is 28.8 Å². The Kier molecular flexibility index (Phi) is 6.17. The molecule has 1 atom stereocenters. The number of nitrogens with zero attached hydrogens (tertiary/aromatic N) is 3. The van der Waals surface area contributed by atoms with Crippen LogP contribution in [0.2, 0.25) is 0 Å². The Labute approximate surface area is 210 Å². The number of imide groups is 1. The summed E-state index contributed by atoms with van der Waals surface area (Å²) < 4.78 is 10.8. The smallest absolute Gasteiger partial charge is 0.247 e. The first-order valence-electron chi connectivity index (χ1n) is 12.5. The molecule has 2 saturated heterocycles. The maximum atomic E-state index is 13.3. The van der Waals surface area contributed by atoms with Gasteiger partial charge in [-0.3, -0.25) is 24.3 Å². The van der Waals surface area contributed by atoms with Crippen LogP contribution >= 0.6 is 0 Å². The van der Waals surface area contributed by atoms with Crippen LogP contribution < -0.4 is 9.47 Å². The molecule has 0 saturated carbocycles. The van der Waals surface area contributed by atoms with Gasteiger partial charge in [0, 0.05) is 26.2 Å². The minimum absolute atomic E-state index is 0.103. The number of fused-ring (bicyclic) bond motifs is 1. The molecule has 3 aromatic carbocycles. The number of likely N-dealkylation sites (tertiary alicyclic amines) is 1. The summed E-state index contributed by atoms with van der Waals surface area (Å²) in [6, 6.07) is 26.5. The zero-order valence-corrected chi connectivity index (χ0v) is 20.1. The molecule has 0 aromatic heterocycles. The molecule has 0 bridgehead atoms. The van der Waals surface area contributed by atoms with Crippen molar-refractivity contribution in [3.8, 4) is 11.5 Å². The van der Waals surface area contributed by atoms with Gasteiger partial charge in [0.15, 0.2) is 11.5 Å². The molecule has 3 aliphatic heterocycles. The predicted molar refractivity (Wildman–Crippen MR) is 134 cm³/mol. The SMILES string of the molecule is O=C1C[C@H](N2CCN(C(c3ccccc3)c3ccccc3)CC2)C(=O)N1Cc1ccc2c(c1)OCO2. The first-order chi connectivity index (χ1) is 17.7. The fourth-order valence-corrected chi connectivity index (χ4v) is 5.53. The molecule has 7 nitrogen and oxygen atoms in total. The topological polar surface area (TPSA) is 62.3 Å². The first-order valence-corrected chi connectivity index (χ1v) is 12.5. The zero-order chi connectivity index (χ0) is 24.5. The van der Waals surface area contributed by atoms with Crippen molar-refractivity contribution in [2.45, 2.75) is 25.0 Å². The lowest BCUT2D eigenvalue weighted by Gasteiger charge is -2.41. The highest BCUT2D eigenvalue weighted by molar-refractivity contribution is 6.05. The molecule has 0 radical (unpaired) electrons. The summed E-state index contributed by atoms with van der Waals surface area (Å²) in [7, 11) is 0. The number of rotatable bonds is 6. The first kappa shape index (κ1) is 22.8. The second-order valence-electron chi connectivity index (χ2n) is 9.52. The van der Waals surface area contributed by atoms with Crippen LogP contribution in [-0.4, -0.2) is 65.5 Å². The van der Waals surface area contributed by atoms with E-state index in [9.17, 15) is 9.59 Å². The molecule has 3 aromatic rings. The van der Waals surface area contributed by atoms with Crippen LogP contribution in [0.4, 0.5) is 0 Å². The largest absolute Gasteiger partial charge is 0.454 e. The standard InChI is InChI=1S/C29H29N3O4/c33-27-18-24(29(34)32(27)19-21-11-12-25-26(17-21)36-20-35-25)30-13-15-31(16-14-30)28(22-7-3-1-4-8-22)23-9-5-2-6-10-23/h1-12,17,24,28H,13-16,18-20H2/t24-/m0/s1. The number of piperazine rings is 1. The quantitative estimate of drug-likeness (QED) is 0.501. The van der Waals surface area contributed by atoms with Crippen molar-refractivity contribution < 1.29 is 19.1 Å². The van der Waals surface area contributed by atoms with E-state index in [4.69, 9.17) is 9.47 Å². The molecule has 0 N–H and O–H groups in total. The summed E-state index contributed by atoms with van der Waals surface area (Å²) >= 11 is 0. The second-order valence-corrected chi connectivity index (χ2v) is 9.52. The highest BCUT2D eigenvalue weighted by Gasteiger charge is 2.43. The van der Waals surface area contributed by atoms with Gasteiger partial charge in [-0.1, -0.05) is 66.7 Å². The monoisotopic (exact) mass is 483 g/mol. The van der Waals surface area contributed by atoms with E-state index in [0.29, 0.717) is 11.5 Å². The van der Waals surface area contributed by atoms with Crippen molar-refractivity contribution in [3.63, 3.8) is 0 Å². The number of benzene rings is 3. The van der Waals surface area contributed by atoms with Crippen LogP contribution in [0, 0.1) is 0 Å². The number of carbonyl (C=O) groups is 2. The van der Waals surface area contributed by atoms with Gasteiger partial charge in [0.05, 0.1) is 25.0 Å². The number of carbonyl (C=O) groups excluding carboxylic acids is 2. The van der Waals surface area contributed by atoms with Gasteiger partial charge in [0.1, 0.15) is 0 Å². The summed E-state index contributed by atoms with van der Waals surface area (Å²) in [6.07, 6.45) is 0.240. The lowest BCUT2D eigenvalue weighted by Crippen LogP contribution is -2.53. The highest BCUT2D eigenvalue weighted by atomic mass is 16.7. The third-order valence-electron chi connectivity index (χ3n) is 7.38. The summed E-state index contributed by atoms with van der Waals surface area (Å²) in [5.74, 6) is 1.13. The van der Waals surface area contributed by atoms with E-state index in [1.165, 1.54) is 16.0 Å². The van der Waals surface area contributed by atoms with Crippen LogP contribution in [0.3, 0.4) is 0 Å². The summed E-state index contributed by atoms with van der Waals surface area (Å²) in [5.41, 5.74) is 3.39. The van der Waals surface area contributed by atoms with Crippen molar-refractivity contribution >= 4 is 11.8 Å². The minimum atomic E-state index is -0.388. The molecule has 7 heteroatoms. The van der Waals surface area contributed by atoms with E-state index >= 15 is 0 Å². The Balaban J connectivity index is 1.13. The molecular weight excluding hydrogens is 454 g/mol. The van der Waals surface area contributed by atoms with E-state index in [0.717, 1.165) is 31.7 Å². The Morgan fingerprint density at radius 2 is 1.42 bits per heavy atom. The van der Waals surface area contributed by atoms with Gasteiger partial charge >= 0.3 is 0 Å². The number of ether oxygens (including phenoxy) is 2. The maximum absolute atomic E-state index is 13.3. The average Bonchev–Trinajstić information content (AvgIpc) is 3.50. The van der Waals surface area contributed by atoms with Crippen molar-refractivity contribution in [2.75, 3.05) is 33.0 Å². The van der Waals surface area contributed by atoms with Crippen molar-refractivity contribution in [1.82, 2.24) is 14.7 Å². The third-order valence-corrected chi connectivity index (χ3v) is 7.38. The molecule has 0 spiro atoms. The van der Waals surface area contributed by atoms with Crippen LogP contribution in [-0.2, 0) is 16.1 Å². The number of amides is 2. The molecule has 2 amide bonds. The van der Waals surface area contributed by atoms with Crippen molar-refractivity contribution in [1.29, 1.82) is 0 Å². The van der Waals surface area contributed by atoms with Gasteiger partial charge in [-0.25, -0.2) is 0 Å². The van der Waals surface area contributed by atoms with Crippen molar-refractivity contribution in [3.05, 3.63) is 95.6 Å². The number of hydrogen-bond acceptors (Lipinski definition) is 6. The maximum Gasteiger partial charge on any atom is 0.247 e. The van der Waals surface area contributed by atoms with Crippen LogP contribution in [0.1, 0.15) is 29.2 Å². The second kappa shape index (κ2) is 9.76. The molecule has 3 heterocycles. The van der Waals surface area contributed by atoms with Gasteiger partial charge in [-0.15, -0.1) is 0 Å². The molecule has 6 rings (SSSR count). The molecule has 36 heavy (non-hydrogen) atoms. The lowest BCUT2D eigenvalue weighted by atomic mass is 9.96. The van der Waals surface area contributed by atoms with E-state index in [2.05, 4.69) is 58.3 Å². The molecule has 0 aliphatic carbocycles. The highest BCUT2D eigenvalue weighted by Crippen LogP contribution is 2.34. The van der Waals surface area contributed by atoms with E-state index in [-0.39, 0.29) is 43.7 Å². The Bertz CT molecular complexity index is 1200. The minimum Gasteiger partial charge on any atom is -0.454 e. The van der Waals surface area contributed by atoms with Gasteiger partial charge < -0.3 is 9.47 Å². The van der Waals surface area contributed by atoms with Crippen LogP contribution in [0.25, 0.3) is 0 Å². The molecule has 3 aliphatic rings. The van der Waals surface area contributed by atoms with Gasteiger partial charge in [-0.2, -0.15) is 0 Å². The van der Waals surface area contributed by atoms with E-state index in [1.807, 2.05) is 30.3 Å². The summed E-state index contributed by atoms with van der Waals surface area (Å²) in [4.78, 5) is 32.2. The average molecular weight is 484 g/mol. The van der Waals surface area contributed by atoms with E-state index < -0.39 is 0 Å². The van der Waals surface area contributed by atoms with E-state index in [1.54, 1.807) is 0 Å². The summed E-state index contributed by atoms with van der Waals surface area (Å²) in [5, 5.41) is 0. The normalized spacial score (nSPS) is 20.5. The third kappa shape index (κ3) is 4.36. The Hall–Kier alpha value is -3.68. The Morgan fingerprint density at radius 3 is 2.08 bits per heavy atom. The molecule has 2 fully saturated rings.